The number of fused-ring (bicyclic) bond motifs is 1. The predicted molar refractivity (Wildman–Crippen MR) is 42.8 cm³/mol. The van der Waals surface area contributed by atoms with E-state index in [1.807, 2.05) is 6.20 Å². The zero-order valence-corrected chi connectivity index (χ0v) is 6.09. The molecule has 0 amide bonds. The van der Waals surface area contributed by atoms with Gasteiger partial charge in [-0.05, 0) is 23.6 Å². The first kappa shape index (κ1) is 5.78. The number of aromatic nitrogens is 1. The monoisotopic (exact) mass is 133 g/mol. The average molecular weight is 133 g/mol. The van der Waals surface area contributed by atoms with Crippen LogP contribution in [0.2, 0.25) is 0 Å². The number of H-pyrrole nitrogens is 1. The van der Waals surface area contributed by atoms with Gasteiger partial charge in [0.15, 0.2) is 0 Å². The summed E-state index contributed by atoms with van der Waals surface area (Å²) in [4.78, 5) is 3.19. The molecule has 1 nitrogen and oxygen atoms in total. The van der Waals surface area contributed by atoms with Crippen LogP contribution in [0.25, 0.3) is 12.2 Å². The van der Waals surface area contributed by atoms with Gasteiger partial charge in [0.2, 0.25) is 0 Å². The number of nitrogens with one attached hydrogen (secondary N) is 1. The summed E-state index contributed by atoms with van der Waals surface area (Å²) in [6, 6.07) is 2.13. The first-order chi connectivity index (χ1) is 4.86. The molecule has 2 rings (SSSR count). The molecular formula is C9H11N. The summed E-state index contributed by atoms with van der Waals surface area (Å²) in [5.74, 6) is 0.711. The van der Waals surface area contributed by atoms with Crippen LogP contribution in [0.3, 0.4) is 0 Å². The van der Waals surface area contributed by atoms with E-state index >= 15 is 0 Å². The first-order valence-corrected chi connectivity index (χ1v) is 3.72. The molecule has 0 saturated heterocycles. The van der Waals surface area contributed by atoms with Crippen molar-refractivity contribution in [2.45, 2.75) is 13.3 Å². The van der Waals surface area contributed by atoms with E-state index in [0.29, 0.717) is 5.92 Å². The van der Waals surface area contributed by atoms with Gasteiger partial charge in [0.25, 0.3) is 0 Å². The molecule has 1 N–H and O–H groups in total. The van der Waals surface area contributed by atoms with Crippen LogP contribution < -0.4 is 10.6 Å². The van der Waals surface area contributed by atoms with Gasteiger partial charge in [0.05, 0.1) is 0 Å². The molecule has 1 aliphatic rings. The van der Waals surface area contributed by atoms with Crippen LogP contribution in [0.1, 0.15) is 13.3 Å². The van der Waals surface area contributed by atoms with Crippen molar-refractivity contribution in [1.82, 2.24) is 4.98 Å². The van der Waals surface area contributed by atoms with Crippen LogP contribution in [-0.2, 0) is 0 Å². The highest BCUT2D eigenvalue weighted by Gasteiger charge is 1.99. The standard InChI is InChI=1S/C9H11N/c1-7-2-3-9-8(6-7)4-5-10-9/h3-7,10H,2H2,1H3. The SMILES string of the molecule is CC1C=c2cc[nH]c2=CC1. The van der Waals surface area contributed by atoms with Crippen LogP contribution in [0.15, 0.2) is 12.3 Å². The van der Waals surface area contributed by atoms with Gasteiger partial charge in [-0.15, -0.1) is 0 Å². The van der Waals surface area contributed by atoms with E-state index < -0.39 is 0 Å². The highest BCUT2D eigenvalue weighted by molar-refractivity contribution is 5.37. The molecule has 1 heterocycles. The fraction of sp³-hybridized carbons (Fsp3) is 0.333. The van der Waals surface area contributed by atoms with Crippen molar-refractivity contribution >= 4 is 12.2 Å². The maximum Gasteiger partial charge on any atom is 0.0410 e. The summed E-state index contributed by atoms with van der Waals surface area (Å²) in [5, 5.41) is 2.65. The second-order valence-corrected chi connectivity index (χ2v) is 2.93. The topological polar surface area (TPSA) is 15.8 Å². The van der Waals surface area contributed by atoms with Gasteiger partial charge in [-0.25, -0.2) is 0 Å². The molecule has 1 atom stereocenters. The number of aromatic amines is 1. The van der Waals surface area contributed by atoms with Crippen molar-refractivity contribution in [1.29, 1.82) is 0 Å². The third kappa shape index (κ3) is 0.783. The molecule has 0 spiro atoms. The summed E-state index contributed by atoms with van der Waals surface area (Å²) in [5.41, 5.74) is 0. The molecule has 0 aromatic carbocycles. The van der Waals surface area contributed by atoms with Crippen LogP contribution in [-0.4, -0.2) is 4.98 Å². The van der Waals surface area contributed by atoms with Gasteiger partial charge in [-0.2, -0.15) is 0 Å². The van der Waals surface area contributed by atoms with Crippen molar-refractivity contribution in [3.05, 3.63) is 22.8 Å². The van der Waals surface area contributed by atoms with E-state index in [0.717, 1.165) is 0 Å². The molecular weight excluding hydrogens is 122 g/mol. The quantitative estimate of drug-likeness (QED) is 0.534. The lowest BCUT2D eigenvalue weighted by Gasteiger charge is -2.03. The van der Waals surface area contributed by atoms with Gasteiger partial charge < -0.3 is 4.98 Å². The summed E-state index contributed by atoms with van der Waals surface area (Å²) in [6.07, 6.45) is 7.75. The maximum absolute atomic E-state index is 3.19. The average Bonchev–Trinajstić information content (AvgIpc) is 2.33. The third-order valence-corrected chi connectivity index (χ3v) is 1.97. The van der Waals surface area contributed by atoms with Crippen molar-refractivity contribution in [3.8, 4) is 0 Å². The molecule has 0 fully saturated rings. The van der Waals surface area contributed by atoms with E-state index in [1.165, 1.54) is 17.0 Å². The van der Waals surface area contributed by atoms with Crippen LogP contribution in [0.4, 0.5) is 0 Å². The number of hydrogen-bond donors (Lipinski definition) is 1. The minimum absolute atomic E-state index is 0.711. The lowest BCUT2D eigenvalue weighted by Crippen LogP contribution is -2.26. The lowest BCUT2D eigenvalue weighted by atomic mass is 10.0. The van der Waals surface area contributed by atoms with Crippen molar-refractivity contribution in [2.24, 2.45) is 5.92 Å². The highest BCUT2D eigenvalue weighted by Crippen LogP contribution is 2.04. The summed E-state index contributed by atoms with van der Waals surface area (Å²) < 4.78 is 0. The molecule has 1 aromatic rings. The van der Waals surface area contributed by atoms with Gasteiger partial charge in [-0.3, -0.25) is 0 Å². The lowest BCUT2D eigenvalue weighted by molar-refractivity contribution is 0.798. The minimum Gasteiger partial charge on any atom is -0.361 e. The summed E-state index contributed by atoms with van der Waals surface area (Å²) >= 11 is 0. The molecule has 0 bridgehead atoms. The van der Waals surface area contributed by atoms with Crippen molar-refractivity contribution in [3.63, 3.8) is 0 Å². The first-order valence-electron chi connectivity index (χ1n) is 3.72. The Labute approximate surface area is 60.1 Å². The Hall–Kier alpha value is -0.980. The summed E-state index contributed by atoms with van der Waals surface area (Å²) in [6.45, 7) is 2.24. The Kier molecular flexibility index (Phi) is 1.16. The normalized spacial score (nSPS) is 22.7. The fourth-order valence-corrected chi connectivity index (χ4v) is 1.39. The second kappa shape index (κ2) is 2.01. The Morgan fingerprint density at radius 3 is 3.40 bits per heavy atom. The molecule has 10 heavy (non-hydrogen) atoms. The molecule has 1 unspecified atom stereocenters. The zero-order valence-electron chi connectivity index (χ0n) is 6.09. The Morgan fingerprint density at radius 2 is 2.50 bits per heavy atom. The van der Waals surface area contributed by atoms with Crippen molar-refractivity contribution in [2.75, 3.05) is 0 Å². The van der Waals surface area contributed by atoms with Gasteiger partial charge >= 0.3 is 0 Å². The van der Waals surface area contributed by atoms with Crippen LogP contribution in [0.5, 0.6) is 0 Å². The third-order valence-electron chi connectivity index (χ3n) is 1.97. The Balaban J connectivity index is 2.73. The summed E-state index contributed by atoms with van der Waals surface area (Å²) in [7, 11) is 0. The van der Waals surface area contributed by atoms with Crippen LogP contribution in [0, 0.1) is 5.92 Å². The van der Waals surface area contributed by atoms with Crippen molar-refractivity contribution < 1.29 is 0 Å². The number of hydrogen-bond acceptors (Lipinski definition) is 0. The largest absolute Gasteiger partial charge is 0.361 e. The highest BCUT2D eigenvalue weighted by atomic mass is 14.6. The Bertz CT molecular complexity index is 332. The Morgan fingerprint density at radius 1 is 1.60 bits per heavy atom. The fourth-order valence-electron chi connectivity index (χ4n) is 1.39. The van der Waals surface area contributed by atoms with E-state index in [9.17, 15) is 0 Å². The van der Waals surface area contributed by atoms with Gasteiger partial charge in [0.1, 0.15) is 0 Å². The zero-order chi connectivity index (χ0) is 6.97. The molecule has 1 aromatic heterocycles. The van der Waals surface area contributed by atoms with E-state index in [1.54, 1.807) is 0 Å². The number of rotatable bonds is 0. The molecule has 52 valence electrons. The predicted octanol–water partition coefficient (Wildman–Crippen LogP) is 0.615. The van der Waals surface area contributed by atoms with E-state index in [4.69, 9.17) is 0 Å². The molecule has 0 radical (unpaired) electrons. The van der Waals surface area contributed by atoms with Gasteiger partial charge in [0, 0.05) is 11.5 Å². The molecule has 1 heteroatoms. The van der Waals surface area contributed by atoms with Crippen LogP contribution >= 0.6 is 0 Å². The molecule has 0 aliphatic heterocycles. The van der Waals surface area contributed by atoms with E-state index in [-0.39, 0.29) is 0 Å². The molecule has 0 saturated carbocycles. The minimum atomic E-state index is 0.711. The van der Waals surface area contributed by atoms with Gasteiger partial charge in [-0.1, -0.05) is 19.1 Å². The maximum atomic E-state index is 3.19. The second-order valence-electron chi connectivity index (χ2n) is 2.93. The van der Waals surface area contributed by atoms with E-state index in [2.05, 4.69) is 30.1 Å². The smallest absolute Gasteiger partial charge is 0.0410 e. The molecule has 1 aliphatic carbocycles.